The average Bonchev–Trinajstić information content (AvgIpc) is 2.95. The summed E-state index contributed by atoms with van der Waals surface area (Å²) in [4.78, 5) is 11.2. The van der Waals surface area contributed by atoms with Gasteiger partial charge in [-0.1, -0.05) is 66.7 Å². The van der Waals surface area contributed by atoms with Crippen LogP contribution in [0.5, 0.6) is 11.5 Å². The van der Waals surface area contributed by atoms with Gasteiger partial charge >= 0.3 is 7.60 Å². The molecular weight excluding hydrogens is 513 g/mol. The molecule has 5 N–H and O–H groups in total. The van der Waals surface area contributed by atoms with E-state index in [2.05, 4.69) is 5.32 Å². The van der Waals surface area contributed by atoms with Crippen molar-refractivity contribution >= 4 is 19.1 Å². The first-order valence-electron chi connectivity index (χ1n) is 12.5. The normalized spacial score (nSPS) is 13.2. The third-order valence-electron chi connectivity index (χ3n) is 5.91. The first-order chi connectivity index (χ1) is 18.9. The number of hydrogen-bond donors (Lipinski definition) is 4. The molecule has 0 radical (unpaired) electrons. The summed E-state index contributed by atoms with van der Waals surface area (Å²) in [5.41, 5.74) is 8.95. The first-order valence-corrected chi connectivity index (χ1v) is 14.2. The van der Waals surface area contributed by atoms with Crippen molar-refractivity contribution in [2.75, 3.05) is 11.9 Å². The topological polar surface area (TPSA) is 127 Å². The quantitative estimate of drug-likeness (QED) is 0.0862. The van der Waals surface area contributed by atoms with Gasteiger partial charge in [-0.25, -0.2) is 0 Å². The molecule has 0 heterocycles. The Kier molecular flexibility index (Phi) is 9.39. The summed E-state index contributed by atoms with van der Waals surface area (Å²) in [5.74, 6) is -0.212. The smallest absolute Gasteiger partial charge is 0.355 e. The van der Waals surface area contributed by atoms with Crippen molar-refractivity contribution in [2.45, 2.75) is 25.9 Å². The number of anilines is 1. The lowest BCUT2D eigenvalue weighted by Gasteiger charge is -2.26. The van der Waals surface area contributed by atoms with Crippen molar-refractivity contribution in [3.8, 4) is 11.5 Å². The van der Waals surface area contributed by atoms with E-state index >= 15 is 0 Å². The minimum absolute atomic E-state index is 0.0351. The molecular formula is C30H32N3O5P. The van der Waals surface area contributed by atoms with Gasteiger partial charge in [0.05, 0.1) is 13.2 Å². The van der Waals surface area contributed by atoms with Crippen LogP contribution in [-0.4, -0.2) is 17.3 Å². The van der Waals surface area contributed by atoms with Gasteiger partial charge in [0, 0.05) is 11.3 Å². The molecule has 0 aliphatic carbocycles. The van der Waals surface area contributed by atoms with Gasteiger partial charge in [0.15, 0.2) is 17.3 Å². The van der Waals surface area contributed by atoms with Crippen molar-refractivity contribution in [1.29, 1.82) is 5.41 Å². The molecule has 2 atom stereocenters. The molecule has 4 aromatic carbocycles. The van der Waals surface area contributed by atoms with Gasteiger partial charge in [0.1, 0.15) is 12.4 Å². The standard InChI is InChI=1S/C30H32N3O5P/c1-2-36-28-19-25(15-18-27(28)37-20-22-9-5-3-6-10-22)30(33-26-16-13-24(14-17-26)29(31)32)39(34,35)38-21-23-11-7-4-8-12-23/h3-19,30,33H,2,20-21H2,1H3,(H3,31,32)(H,34,35). The summed E-state index contributed by atoms with van der Waals surface area (Å²) >= 11 is 0. The minimum Gasteiger partial charge on any atom is -0.490 e. The molecule has 0 fully saturated rings. The molecule has 0 bridgehead atoms. The van der Waals surface area contributed by atoms with Crippen LogP contribution in [0.15, 0.2) is 103 Å². The lowest BCUT2D eigenvalue weighted by Crippen LogP contribution is -2.14. The maximum Gasteiger partial charge on any atom is 0.355 e. The van der Waals surface area contributed by atoms with Gasteiger partial charge in [-0.2, -0.15) is 0 Å². The summed E-state index contributed by atoms with van der Waals surface area (Å²) in [7, 11) is -4.28. The van der Waals surface area contributed by atoms with E-state index < -0.39 is 13.4 Å². The van der Waals surface area contributed by atoms with Crippen LogP contribution >= 0.6 is 7.60 Å². The van der Waals surface area contributed by atoms with Crippen LogP contribution in [0.2, 0.25) is 0 Å². The number of hydrogen-bond acceptors (Lipinski definition) is 6. The SMILES string of the molecule is CCOc1cc(C(Nc2ccc(C(=N)N)cc2)P(=O)(O)OCc2ccccc2)ccc1OCc1ccccc1. The van der Waals surface area contributed by atoms with Gasteiger partial charge in [0.2, 0.25) is 0 Å². The largest absolute Gasteiger partial charge is 0.490 e. The van der Waals surface area contributed by atoms with E-state index in [9.17, 15) is 9.46 Å². The Morgan fingerprint density at radius 2 is 1.49 bits per heavy atom. The second-order valence-corrected chi connectivity index (χ2v) is 10.7. The number of benzene rings is 4. The molecule has 0 amide bonds. The van der Waals surface area contributed by atoms with Crippen molar-refractivity contribution in [3.05, 3.63) is 125 Å². The third kappa shape index (κ3) is 7.71. The number of rotatable bonds is 13. The molecule has 4 rings (SSSR count). The van der Waals surface area contributed by atoms with Crippen LogP contribution < -0.4 is 20.5 Å². The highest BCUT2D eigenvalue weighted by atomic mass is 31.2. The van der Waals surface area contributed by atoms with Crippen molar-refractivity contribution in [2.24, 2.45) is 5.73 Å². The molecule has 0 aliphatic heterocycles. The highest BCUT2D eigenvalue weighted by Crippen LogP contribution is 2.57. The van der Waals surface area contributed by atoms with Gasteiger partial charge in [0.25, 0.3) is 0 Å². The highest BCUT2D eigenvalue weighted by Gasteiger charge is 2.35. The van der Waals surface area contributed by atoms with Crippen LogP contribution in [0.1, 0.15) is 35.0 Å². The lowest BCUT2D eigenvalue weighted by molar-refractivity contribution is 0.244. The molecule has 0 aliphatic rings. The van der Waals surface area contributed by atoms with E-state index in [0.29, 0.717) is 41.5 Å². The Labute approximate surface area is 228 Å². The van der Waals surface area contributed by atoms with Crippen molar-refractivity contribution in [3.63, 3.8) is 0 Å². The lowest BCUT2D eigenvalue weighted by atomic mass is 10.1. The maximum atomic E-state index is 13.7. The zero-order valence-electron chi connectivity index (χ0n) is 21.6. The third-order valence-corrected chi connectivity index (χ3v) is 7.48. The van der Waals surface area contributed by atoms with Crippen LogP contribution in [0, 0.1) is 5.41 Å². The maximum absolute atomic E-state index is 13.7. The van der Waals surface area contributed by atoms with E-state index in [-0.39, 0.29) is 12.4 Å². The van der Waals surface area contributed by atoms with E-state index in [1.807, 2.05) is 67.6 Å². The van der Waals surface area contributed by atoms with Crippen molar-refractivity contribution < 1.29 is 23.5 Å². The number of nitrogens with two attached hydrogens (primary N) is 1. The number of ether oxygens (including phenoxy) is 2. The summed E-state index contributed by atoms with van der Waals surface area (Å²) < 4.78 is 31.2. The minimum atomic E-state index is -4.28. The molecule has 0 saturated carbocycles. The molecule has 39 heavy (non-hydrogen) atoms. The van der Waals surface area contributed by atoms with Crippen LogP contribution in [0.4, 0.5) is 5.69 Å². The Morgan fingerprint density at radius 1 is 0.872 bits per heavy atom. The van der Waals surface area contributed by atoms with Gasteiger partial charge in [-0.15, -0.1) is 0 Å². The number of nitrogens with one attached hydrogen (secondary N) is 2. The fourth-order valence-corrected chi connectivity index (χ4v) is 5.22. The number of amidine groups is 1. The fraction of sp³-hybridized carbons (Fsp3) is 0.167. The monoisotopic (exact) mass is 545 g/mol. The molecule has 9 heteroatoms. The Hall–Kier alpha value is -4.10. The Balaban J connectivity index is 1.64. The van der Waals surface area contributed by atoms with Crippen LogP contribution in [-0.2, 0) is 22.3 Å². The molecule has 8 nitrogen and oxygen atoms in total. The van der Waals surface area contributed by atoms with E-state index in [1.54, 1.807) is 42.5 Å². The van der Waals surface area contributed by atoms with Crippen molar-refractivity contribution in [1.82, 2.24) is 0 Å². The van der Waals surface area contributed by atoms with E-state index in [0.717, 1.165) is 11.1 Å². The molecule has 0 aromatic heterocycles. The zero-order chi connectivity index (χ0) is 27.7. The Morgan fingerprint density at radius 3 is 2.08 bits per heavy atom. The zero-order valence-corrected chi connectivity index (χ0v) is 22.5. The predicted octanol–water partition coefficient (Wildman–Crippen LogP) is 6.46. The Bertz CT molecular complexity index is 1420. The van der Waals surface area contributed by atoms with E-state index in [4.69, 9.17) is 25.1 Å². The first kappa shape index (κ1) is 27.9. The average molecular weight is 546 g/mol. The van der Waals surface area contributed by atoms with Crippen LogP contribution in [0.25, 0.3) is 0 Å². The summed E-state index contributed by atoms with van der Waals surface area (Å²) in [6.45, 7) is 2.56. The molecule has 202 valence electrons. The molecule has 0 spiro atoms. The van der Waals surface area contributed by atoms with Crippen LogP contribution in [0.3, 0.4) is 0 Å². The summed E-state index contributed by atoms with van der Waals surface area (Å²) in [5, 5.41) is 10.8. The number of nitrogen functional groups attached to an aromatic ring is 1. The van der Waals surface area contributed by atoms with Gasteiger partial charge < -0.3 is 29.9 Å². The molecule has 0 saturated heterocycles. The predicted molar refractivity (Wildman–Crippen MR) is 153 cm³/mol. The second-order valence-electron chi connectivity index (χ2n) is 8.77. The second kappa shape index (κ2) is 13.1. The molecule has 4 aromatic rings. The fourth-order valence-electron chi connectivity index (χ4n) is 3.89. The van der Waals surface area contributed by atoms with Gasteiger partial charge in [-0.3, -0.25) is 9.97 Å². The summed E-state index contributed by atoms with van der Waals surface area (Å²) in [6, 6.07) is 30.9. The molecule has 2 unspecified atom stereocenters. The summed E-state index contributed by atoms with van der Waals surface area (Å²) in [6.07, 6.45) is 0. The van der Waals surface area contributed by atoms with E-state index in [1.165, 1.54) is 0 Å². The van der Waals surface area contributed by atoms with Gasteiger partial charge in [-0.05, 0) is 60.0 Å². The highest BCUT2D eigenvalue weighted by molar-refractivity contribution is 7.53.